The molecule has 6 nitrogen and oxygen atoms in total. The monoisotopic (exact) mass is 359 g/mol. The van der Waals surface area contributed by atoms with Crippen LogP contribution >= 0.6 is 11.5 Å². The smallest absolute Gasteiger partial charge is 0.416 e. The second kappa shape index (κ2) is 6.87. The number of ether oxygens (including phenoxy) is 1. The van der Waals surface area contributed by atoms with Crippen LogP contribution in [0.4, 0.5) is 23.9 Å². The predicted octanol–water partition coefficient (Wildman–Crippen LogP) is 2.85. The minimum Gasteiger partial charge on any atom is -0.452 e. The number of carbonyl (C=O) groups is 2. The lowest BCUT2D eigenvalue weighted by Crippen LogP contribution is -2.21. The van der Waals surface area contributed by atoms with Gasteiger partial charge in [-0.3, -0.25) is 4.79 Å². The molecule has 1 aromatic carbocycles. The Morgan fingerprint density at radius 1 is 1.29 bits per heavy atom. The number of hydrogen-bond acceptors (Lipinski definition) is 6. The number of aromatic nitrogens is 1. The average Bonchev–Trinajstić information content (AvgIpc) is 2.83. The van der Waals surface area contributed by atoms with Crippen molar-refractivity contribution in [1.82, 2.24) is 4.37 Å². The van der Waals surface area contributed by atoms with Crippen LogP contribution in [0.25, 0.3) is 0 Å². The zero-order valence-electron chi connectivity index (χ0n) is 12.3. The molecule has 0 spiro atoms. The Morgan fingerprint density at radius 3 is 2.42 bits per heavy atom. The second-order valence-corrected chi connectivity index (χ2v) is 5.51. The van der Waals surface area contributed by atoms with Crippen molar-refractivity contribution < 1.29 is 27.5 Å². The Bertz CT molecular complexity index is 737. The number of nitrogen functional groups attached to an aromatic ring is 1. The number of benzene rings is 1. The number of aryl methyl sites for hydroxylation is 1. The van der Waals surface area contributed by atoms with Crippen LogP contribution in [0.3, 0.4) is 0 Å². The van der Waals surface area contributed by atoms with E-state index in [-0.39, 0.29) is 16.3 Å². The van der Waals surface area contributed by atoms with E-state index in [9.17, 15) is 22.8 Å². The fraction of sp³-hybridized carbons (Fsp3) is 0.214. The minimum absolute atomic E-state index is 0.0994. The van der Waals surface area contributed by atoms with Gasteiger partial charge in [0.05, 0.1) is 11.3 Å². The summed E-state index contributed by atoms with van der Waals surface area (Å²) in [5, 5.41) is 2.50. The maximum absolute atomic E-state index is 12.4. The van der Waals surface area contributed by atoms with Crippen molar-refractivity contribution in [1.29, 1.82) is 0 Å². The van der Waals surface area contributed by atoms with Crippen molar-refractivity contribution in [3.8, 4) is 0 Å². The normalized spacial score (nSPS) is 11.2. The fourth-order valence-electron chi connectivity index (χ4n) is 1.78. The van der Waals surface area contributed by atoms with Crippen molar-refractivity contribution in [2.45, 2.75) is 13.1 Å². The molecule has 10 heteroatoms. The van der Waals surface area contributed by atoms with Gasteiger partial charge in [-0.25, -0.2) is 4.79 Å². The fourth-order valence-corrected chi connectivity index (χ4v) is 2.43. The number of nitrogens with zero attached hydrogens (tertiary/aromatic N) is 1. The Hall–Kier alpha value is -2.62. The zero-order chi connectivity index (χ0) is 17.9. The number of halogens is 3. The Balaban J connectivity index is 1.91. The van der Waals surface area contributed by atoms with E-state index in [1.165, 1.54) is 0 Å². The molecule has 2 rings (SSSR count). The summed E-state index contributed by atoms with van der Waals surface area (Å²) in [5.74, 6) is -1.48. The Morgan fingerprint density at radius 2 is 1.92 bits per heavy atom. The highest BCUT2D eigenvalue weighted by Gasteiger charge is 2.30. The number of amides is 1. The van der Waals surface area contributed by atoms with Crippen LogP contribution in [0.2, 0.25) is 0 Å². The molecule has 0 fully saturated rings. The number of carbonyl (C=O) groups excluding carboxylic acids is 2. The second-order valence-electron chi connectivity index (χ2n) is 4.71. The average molecular weight is 359 g/mol. The quantitative estimate of drug-likeness (QED) is 0.819. The van der Waals surface area contributed by atoms with Crippen LogP contribution in [0.5, 0.6) is 0 Å². The summed E-state index contributed by atoms with van der Waals surface area (Å²) in [7, 11) is 0. The van der Waals surface area contributed by atoms with Gasteiger partial charge in [0.2, 0.25) is 0 Å². The molecule has 0 aliphatic carbocycles. The van der Waals surface area contributed by atoms with Gasteiger partial charge in [-0.1, -0.05) is 0 Å². The van der Waals surface area contributed by atoms with Crippen LogP contribution in [0.15, 0.2) is 24.3 Å². The molecule has 0 saturated heterocycles. The summed E-state index contributed by atoms with van der Waals surface area (Å²) < 4.78 is 46.0. The van der Waals surface area contributed by atoms with Crippen molar-refractivity contribution in [3.63, 3.8) is 0 Å². The van der Waals surface area contributed by atoms with E-state index in [0.29, 0.717) is 5.69 Å². The summed E-state index contributed by atoms with van der Waals surface area (Å²) in [4.78, 5) is 23.5. The van der Waals surface area contributed by atoms with E-state index in [1.807, 2.05) is 0 Å². The third-order valence-corrected chi connectivity index (χ3v) is 3.69. The topological polar surface area (TPSA) is 94.3 Å². The van der Waals surface area contributed by atoms with Crippen LogP contribution in [0, 0.1) is 6.92 Å². The summed E-state index contributed by atoms with van der Waals surface area (Å²) in [5.41, 5.74) is 5.40. The first kappa shape index (κ1) is 17.7. The number of hydrogen-bond donors (Lipinski definition) is 2. The number of nitrogens with one attached hydrogen (secondary N) is 1. The van der Waals surface area contributed by atoms with E-state index in [1.54, 1.807) is 6.92 Å². The largest absolute Gasteiger partial charge is 0.452 e. The molecule has 1 amide bonds. The third-order valence-electron chi connectivity index (χ3n) is 2.92. The SMILES string of the molecule is Cc1nsc(N)c1C(=O)OCC(=O)Nc1ccc(C(F)(F)F)cc1. The number of anilines is 2. The standard InChI is InChI=1S/C14H12F3N3O3S/c1-7-11(12(18)24-20-7)13(22)23-6-10(21)19-9-4-2-8(3-5-9)14(15,16)17/h2-5H,6,18H2,1H3,(H,19,21). The molecule has 3 N–H and O–H groups in total. The minimum atomic E-state index is -4.45. The van der Waals surface area contributed by atoms with Gasteiger partial charge in [-0.15, -0.1) is 0 Å². The van der Waals surface area contributed by atoms with Crippen LogP contribution < -0.4 is 11.1 Å². The predicted molar refractivity (Wildman–Crippen MR) is 81.6 cm³/mol. The molecule has 1 heterocycles. The van der Waals surface area contributed by atoms with Crippen LogP contribution in [-0.2, 0) is 15.7 Å². The molecule has 1 aromatic heterocycles. The van der Waals surface area contributed by atoms with Crippen molar-refractivity contribution >= 4 is 34.1 Å². The first-order valence-corrected chi connectivity index (χ1v) is 7.32. The highest BCUT2D eigenvalue weighted by Crippen LogP contribution is 2.29. The van der Waals surface area contributed by atoms with Crippen LogP contribution in [-0.4, -0.2) is 22.9 Å². The molecule has 0 radical (unpaired) electrons. The van der Waals surface area contributed by atoms with Gasteiger partial charge in [0, 0.05) is 5.69 Å². The Kier molecular flexibility index (Phi) is 5.07. The lowest BCUT2D eigenvalue weighted by Gasteiger charge is -2.09. The van der Waals surface area contributed by atoms with Gasteiger partial charge in [-0.2, -0.15) is 17.5 Å². The molecule has 2 aromatic rings. The van der Waals surface area contributed by atoms with Crippen molar-refractivity contribution in [2.24, 2.45) is 0 Å². The molecule has 24 heavy (non-hydrogen) atoms. The zero-order valence-corrected chi connectivity index (χ0v) is 13.1. The number of alkyl halides is 3. The molecule has 128 valence electrons. The van der Waals surface area contributed by atoms with E-state index in [0.717, 1.165) is 35.8 Å². The molecule has 0 saturated carbocycles. The van der Waals surface area contributed by atoms with Crippen LogP contribution in [0.1, 0.15) is 21.6 Å². The number of rotatable bonds is 4. The third kappa shape index (κ3) is 4.22. The summed E-state index contributed by atoms with van der Waals surface area (Å²) >= 11 is 0.934. The molecular weight excluding hydrogens is 347 g/mol. The maximum Gasteiger partial charge on any atom is 0.416 e. The van der Waals surface area contributed by atoms with E-state index >= 15 is 0 Å². The number of esters is 1. The van der Waals surface area contributed by atoms with Gasteiger partial charge in [0.15, 0.2) is 6.61 Å². The molecule has 0 bridgehead atoms. The molecule has 0 aliphatic heterocycles. The molecular formula is C14H12F3N3O3S. The summed E-state index contributed by atoms with van der Waals surface area (Å²) in [6.45, 7) is 0.973. The van der Waals surface area contributed by atoms with Gasteiger partial charge in [-0.05, 0) is 42.7 Å². The molecule has 0 aliphatic rings. The molecule has 0 atom stereocenters. The van der Waals surface area contributed by atoms with E-state index < -0.39 is 30.2 Å². The number of nitrogens with two attached hydrogens (primary N) is 1. The highest BCUT2D eigenvalue weighted by atomic mass is 32.1. The highest BCUT2D eigenvalue weighted by molar-refractivity contribution is 7.10. The Labute approximate surface area is 138 Å². The first-order chi connectivity index (χ1) is 11.2. The maximum atomic E-state index is 12.4. The first-order valence-electron chi connectivity index (χ1n) is 6.54. The van der Waals surface area contributed by atoms with Gasteiger partial charge in [0.25, 0.3) is 5.91 Å². The van der Waals surface area contributed by atoms with Gasteiger partial charge >= 0.3 is 12.1 Å². The van der Waals surface area contributed by atoms with Crippen molar-refractivity contribution in [3.05, 3.63) is 41.1 Å². The van der Waals surface area contributed by atoms with Gasteiger partial charge in [0.1, 0.15) is 10.6 Å². The van der Waals surface area contributed by atoms with E-state index in [2.05, 4.69) is 9.69 Å². The summed E-state index contributed by atoms with van der Waals surface area (Å²) in [6.07, 6.45) is -4.45. The van der Waals surface area contributed by atoms with E-state index in [4.69, 9.17) is 10.5 Å². The molecule has 0 unspecified atom stereocenters. The van der Waals surface area contributed by atoms with Gasteiger partial charge < -0.3 is 15.8 Å². The van der Waals surface area contributed by atoms with Crippen molar-refractivity contribution in [2.75, 3.05) is 17.7 Å². The summed E-state index contributed by atoms with van der Waals surface area (Å²) in [6, 6.07) is 3.88. The lowest BCUT2D eigenvalue weighted by atomic mass is 10.2. The lowest BCUT2D eigenvalue weighted by molar-refractivity contribution is -0.137.